The van der Waals surface area contributed by atoms with Gasteiger partial charge in [-0.15, -0.1) is 0 Å². The summed E-state index contributed by atoms with van der Waals surface area (Å²) in [5.74, 6) is 0.926. The zero-order chi connectivity index (χ0) is 12.1. The highest BCUT2D eigenvalue weighted by molar-refractivity contribution is 6.58. The van der Waals surface area contributed by atoms with Gasteiger partial charge < -0.3 is 19.5 Å². The van der Waals surface area contributed by atoms with Crippen molar-refractivity contribution >= 4 is 12.6 Å². The van der Waals surface area contributed by atoms with E-state index in [-0.39, 0.29) is 0 Å². The van der Waals surface area contributed by atoms with Gasteiger partial charge in [0.2, 0.25) is 5.88 Å². The summed E-state index contributed by atoms with van der Waals surface area (Å²) in [6, 6.07) is 3.09. The van der Waals surface area contributed by atoms with Gasteiger partial charge in [-0.2, -0.15) is 0 Å². The Hall–Kier alpha value is -1.11. The fourth-order valence-corrected chi connectivity index (χ4v) is 1.78. The molecule has 0 radical (unpaired) electrons. The maximum Gasteiger partial charge on any atom is 0.488 e. The van der Waals surface area contributed by atoms with Gasteiger partial charge in [-0.3, -0.25) is 0 Å². The van der Waals surface area contributed by atoms with E-state index in [0.717, 1.165) is 26.1 Å². The van der Waals surface area contributed by atoms with Gasteiger partial charge in [0.15, 0.2) is 0 Å². The first-order chi connectivity index (χ1) is 8.25. The van der Waals surface area contributed by atoms with Crippen molar-refractivity contribution in [3.05, 3.63) is 18.3 Å². The molecule has 0 aromatic carbocycles. The van der Waals surface area contributed by atoms with E-state index in [1.165, 1.54) is 6.20 Å². The van der Waals surface area contributed by atoms with Crippen LogP contribution in [0.4, 0.5) is 0 Å². The van der Waals surface area contributed by atoms with Crippen molar-refractivity contribution in [1.29, 1.82) is 0 Å². The molecular weight excluding hydrogens is 221 g/mol. The number of hydrogen-bond donors (Lipinski definition) is 2. The molecule has 2 rings (SSSR count). The molecule has 0 bridgehead atoms. The van der Waals surface area contributed by atoms with E-state index in [0.29, 0.717) is 23.9 Å². The summed E-state index contributed by atoms with van der Waals surface area (Å²) in [5, 5.41) is 18.0. The number of hydrogen-bond acceptors (Lipinski definition) is 5. The molecule has 17 heavy (non-hydrogen) atoms. The van der Waals surface area contributed by atoms with Gasteiger partial charge in [0.25, 0.3) is 0 Å². The molecule has 0 saturated carbocycles. The van der Waals surface area contributed by atoms with Crippen LogP contribution in [-0.2, 0) is 4.74 Å². The standard InChI is InChI=1S/C11H16BNO4/c14-12(15)10-1-4-13-11(7-10)17-8-9-2-5-16-6-3-9/h1,4,7,9,14-15H,2-3,5-6,8H2. The maximum absolute atomic E-state index is 9.02. The molecular formula is C11H16BNO4. The normalized spacial score (nSPS) is 16.8. The van der Waals surface area contributed by atoms with E-state index in [4.69, 9.17) is 19.5 Å². The van der Waals surface area contributed by atoms with Crippen molar-refractivity contribution in [2.75, 3.05) is 19.8 Å². The third-order valence-corrected chi connectivity index (χ3v) is 2.86. The highest BCUT2D eigenvalue weighted by Gasteiger charge is 2.16. The minimum absolute atomic E-state index is 0.391. The van der Waals surface area contributed by atoms with Crippen LogP contribution in [0.25, 0.3) is 0 Å². The van der Waals surface area contributed by atoms with Crippen molar-refractivity contribution in [3.63, 3.8) is 0 Å². The summed E-state index contributed by atoms with van der Waals surface area (Å²) in [4.78, 5) is 4.03. The fourth-order valence-electron chi connectivity index (χ4n) is 1.78. The van der Waals surface area contributed by atoms with Crippen LogP contribution in [0.15, 0.2) is 18.3 Å². The second-order valence-electron chi connectivity index (χ2n) is 4.17. The van der Waals surface area contributed by atoms with Crippen LogP contribution in [-0.4, -0.2) is 42.0 Å². The lowest BCUT2D eigenvalue weighted by Crippen LogP contribution is -2.30. The predicted molar refractivity (Wildman–Crippen MR) is 63.1 cm³/mol. The molecule has 0 unspecified atom stereocenters. The summed E-state index contributed by atoms with van der Waals surface area (Å²) in [6.07, 6.45) is 3.51. The Morgan fingerprint density at radius 3 is 2.88 bits per heavy atom. The number of rotatable bonds is 4. The molecule has 1 aliphatic rings. The van der Waals surface area contributed by atoms with E-state index in [1.807, 2.05) is 0 Å². The number of aromatic nitrogens is 1. The van der Waals surface area contributed by atoms with Crippen LogP contribution in [0, 0.1) is 5.92 Å². The van der Waals surface area contributed by atoms with Crippen molar-refractivity contribution in [2.24, 2.45) is 5.92 Å². The topological polar surface area (TPSA) is 71.8 Å². The summed E-state index contributed by atoms with van der Waals surface area (Å²) < 4.78 is 10.8. The zero-order valence-electron chi connectivity index (χ0n) is 9.58. The summed E-state index contributed by atoms with van der Waals surface area (Å²) >= 11 is 0. The van der Waals surface area contributed by atoms with E-state index in [1.54, 1.807) is 12.1 Å². The molecule has 2 N–H and O–H groups in total. The second-order valence-corrected chi connectivity index (χ2v) is 4.17. The lowest BCUT2D eigenvalue weighted by atomic mass is 9.81. The predicted octanol–water partition coefficient (Wildman–Crippen LogP) is -0.433. The minimum Gasteiger partial charge on any atom is -0.477 e. The van der Waals surface area contributed by atoms with Gasteiger partial charge in [0, 0.05) is 25.5 Å². The number of ether oxygens (including phenoxy) is 2. The van der Waals surface area contributed by atoms with Crippen LogP contribution in [0.2, 0.25) is 0 Å². The average Bonchev–Trinajstić information content (AvgIpc) is 2.38. The molecule has 1 aromatic rings. The smallest absolute Gasteiger partial charge is 0.477 e. The van der Waals surface area contributed by atoms with Gasteiger partial charge >= 0.3 is 7.12 Å². The number of pyridine rings is 1. The highest BCUT2D eigenvalue weighted by Crippen LogP contribution is 2.15. The van der Waals surface area contributed by atoms with E-state index in [9.17, 15) is 0 Å². The Balaban J connectivity index is 1.87. The third kappa shape index (κ3) is 3.69. The van der Waals surface area contributed by atoms with Crippen molar-refractivity contribution < 1.29 is 19.5 Å². The lowest BCUT2D eigenvalue weighted by Gasteiger charge is -2.21. The Morgan fingerprint density at radius 1 is 1.41 bits per heavy atom. The average molecular weight is 237 g/mol. The third-order valence-electron chi connectivity index (χ3n) is 2.86. The van der Waals surface area contributed by atoms with Gasteiger partial charge in [0.1, 0.15) is 0 Å². The first kappa shape index (κ1) is 12.4. The number of nitrogens with zero attached hydrogens (tertiary/aromatic N) is 1. The molecule has 1 aliphatic heterocycles. The SMILES string of the molecule is OB(O)c1ccnc(OCC2CCOCC2)c1. The van der Waals surface area contributed by atoms with Gasteiger partial charge in [-0.05, 0) is 30.3 Å². The van der Waals surface area contributed by atoms with Crippen molar-refractivity contribution in [1.82, 2.24) is 4.98 Å². The van der Waals surface area contributed by atoms with Crippen LogP contribution in [0.1, 0.15) is 12.8 Å². The monoisotopic (exact) mass is 237 g/mol. The molecule has 2 heterocycles. The van der Waals surface area contributed by atoms with Crippen LogP contribution in [0.5, 0.6) is 5.88 Å². The van der Waals surface area contributed by atoms with Gasteiger partial charge in [0.05, 0.1) is 6.61 Å². The quantitative estimate of drug-likeness (QED) is 0.695. The molecule has 0 atom stereocenters. The summed E-state index contributed by atoms with van der Waals surface area (Å²) in [6.45, 7) is 2.18. The van der Waals surface area contributed by atoms with Crippen LogP contribution < -0.4 is 10.2 Å². The first-order valence-corrected chi connectivity index (χ1v) is 5.78. The van der Waals surface area contributed by atoms with Crippen LogP contribution in [0.3, 0.4) is 0 Å². The zero-order valence-corrected chi connectivity index (χ0v) is 9.58. The molecule has 0 aliphatic carbocycles. The van der Waals surface area contributed by atoms with Gasteiger partial charge in [-0.1, -0.05) is 0 Å². The highest BCUT2D eigenvalue weighted by atomic mass is 16.5. The fraction of sp³-hybridized carbons (Fsp3) is 0.545. The molecule has 1 aromatic heterocycles. The Bertz CT molecular complexity index is 355. The van der Waals surface area contributed by atoms with Crippen molar-refractivity contribution in [3.8, 4) is 5.88 Å². The second kappa shape index (κ2) is 6.00. The molecule has 0 spiro atoms. The molecule has 92 valence electrons. The summed E-state index contributed by atoms with van der Waals surface area (Å²) in [5.41, 5.74) is 0.391. The van der Waals surface area contributed by atoms with E-state index >= 15 is 0 Å². The molecule has 0 amide bonds. The largest absolute Gasteiger partial charge is 0.488 e. The van der Waals surface area contributed by atoms with Gasteiger partial charge in [-0.25, -0.2) is 4.98 Å². The first-order valence-electron chi connectivity index (χ1n) is 5.78. The van der Waals surface area contributed by atoms with E-state index < -0.39 is 7.12 Å². The molecule has 1 saturated heterocycles. The van der Waals surface area contributed by atoms with Crippen LogP contribution >= 0.6 is 0 Å². The molecule has 5 nitrogen and oxygen atoms in total. The lowest BCUT2D eigenvalue weighted by molar-refractivity contribution is 0.0490. The minimum atomic E-state index is -1.48. The Morgan fingerprint density at radius 2 is 2.18 bits per heavy atom. The Labute approximate surface area is 101 Å². The van der Waals surface area contributed by atoms with Crippen molar-refractivity contribution in [2.45, 2.75) is 12.8 Å². The maximum atomic E-state index is 9.02. The summed E-state index contributed by atoms with van der Waals surface area (Å²) in [7, 11) is -1.48. The Kier molecular flexibility index (Phi) is 4.36. The molecule has 1 fully saturated rings. The molecule has 6 heteroatoms. The van der Waals surface area contributed by atoms with E-state index in [2.05, 4.69) is 4.98 Å².